The van der Waals surface area contributed by atoms with E-state index in [9.17, 15) is 14.4 Å². The quantitative estimate of drug-likeness (QED) is 0.353. The highest BCUT2D eigenvalue weighted by Gasteiger charge is 2.36. The Kier molecular flexibility index (Phi) is 10.1. The van der Waals surface area contributed by atoms with Crippen molar-refractivity contribution < 1.29 is 19.1 Å². The number of methoxy groups -OCH3 is 1. The van der Waals surface area contributed by atoms with Crippen molar-refractivity contribution in [1.82, 2.24) is 15.5 Å². The van der Waals surface area contributed by atoms with Crippen molar-refractivity contribution in [3.8, 4) is 5.75 Å². The SMILES string of the molecule is CCCC(=O)N(c1ccccc1)C1CCN(C(=O)C(Cc2ccc(OC)cc2)NC(=O)CC2Cc3ccccc3CN2)C1. The number of carbonyl (C=O) groups excluding carboxylic acids is 3. The van der Waals surface area contributed by atoms with Crippen LogP contribution in [0.5, 0.6) is 5.75 Å². The molecule has 0 radical (unpaired) electrons. The smallest absolute Gasteiger partial charge is 0.245 e. The largest absolute Gasteiger partial charge is 0.497 e. The summed E-state index contributed by atoms with van der Waals surface area (Å²) < 4.78 is 5.30. The van der Waals surface area contributed by atoms with Gasteiger partial charge in [-0.1, -0.05) is 61.5 Å². The Hall–Kier alpha value is -4.17. The first-order valence-corrected chi connectivity index (χ1v) is 15.3. The third kappa shape index (κ3) is 7.62. The molecule has 2 aliphatic heterocycles. The van der Waals surface area contributed by atoms with E-state index in [0.29, 0.717) is 32.4 Å². The van der Waals surface area contributed by atoms with Crippen LogP contribution in [0, 0.1) is 0 Å². The van der Waals surface area contributed by atoms with Crippen LogP contribution < -0.4 is 20.3 Å². The summed E-state index contributed by atoms with van der Waals surface area (Å²) in [5, 5.41) is 6.55. The zero-order valence-corrected chi connectivity index (χ0v) is 25.1. The van der Waals surface area contributed by atoms with Crippen molar-refractivity contribution in [2.45, 2.75) is 70.1 Å². The number of nitrogens with zero attached hydrogens (tertiary/aromatic N) is 2. The van der Waals surface area contributed by atoms with Crippen LogP contribution in [0.25, 0.3) is 0 Å². The number of ether oxygens (including phenoxy) is 1. The van der Waals surface area contributed by atoms with Gasteiger partial charge in [0.25, 0.3) is 0 Å². The van der Waals surface area contributed by atoms with E-state index in [0.717, 1.165) is 36.4 Å². The summed E-state index contributed by atoms with van der Waals surface area (Å²) in [5.74, 6) is 0.533. The Morgan fingerprint density at radius 1 is 1.00 bits per heavy atom. The number of anilines is 1. The molecule has 1 saturated heterocycles. The molecule has 0 aliphatic carbocycles. The fraction of sp³-hybridized carbons (Fsp3) is 0.400. The minimum atomic E-state index is -0.716. The zero-order valence-electron chi connectivity index (χ0n) is 25.1. The fourth-order valence-corrected chi connectivity index (χ4v) is 6.19. The highest BCUT2D eigenvalue weighted by Crippen LogP contribution is 2.26. The number of fused-ring (bicyclic) bond motifs is 1. The Morgan fingerprint density at radius 3 is 2.44 bits per heavy atom. The van der Waals surface area contributed by atoms with Crippen LogP contribution in [0.1, 0.15) is 49.3 Å². The molecule has 226 valence electrons. The first-order chi connectivity index (χ1) is 20.9. The zero-order chi connectivity index (χ0) is 30.2. The molecule has 2 N–H and O–H groups in total. The van der Waals surface area contributed by atoms with E-state index in [-0.39, 0.29) is 36.2 Å². The average molecular weight is 583 g/mol. The van der Waals surface area contributed by atoms with Crippen molar-refractivity contribution in [1.29, 1.82) is 0 Å². The van der Waals surface area contributed by atoms with Crippen molar-refractivity contribution in [2.24, 2.45) is 0 Å². The normalized spacial score (nSPS) is 18.4. The van der Waals surface area contributed by atoms with E-state index < -0.39 is 6.04 Å². The molecular weight excluding hydrogens is 540 g/mol. The summed E-state index contributed by atoms with van der Waals surface area (Å²) in [5.41, 5.74) is 4.31. The van der Waals surface area contributed by atoms with Gasteiger partial charge < -0.3 is 25.2 Å². The summed E-state index contributed by atoms with van der Waals surface area (Å²) in [4.78, 5) is 44.3. The molecule has 3 aromatic carbocycles. The van der Waals surface area contributed by atoms with E-state index in [1.165, 1.54) is 11.1 Å². The van der Waals surface area contributed by atoms with Crippen molar-refractivity contribution >= 4 is 23.4 Å². The summed E-state index contributed by atoms with van der Waals surface area (Å²) >= 11 is 0. The molecule has 2 aliphatic rings. The van der Waals surface area contributed by atoms with Crippen molar-refractivity contribution in [3.63, 3.8) is 0 Å². The molecule has 8 heteroatoms. The summed E-state index contributed by atoms with van der Waals surface area (Å²) in [7, 11) is 1.62. The van der Waals surface area contributed by atoms with E-state index in [1.807, 2.05) is 83.5 Å². The third-order valence-electron chi connectivity index (χ3n) is 8.44. The second-order valence-electron chi connectivity index (χ2n) is 11.5. The number of hydrogen-bond acceptors (Lipinski definition) is 5. The van der Waals surface area contributed by atoms with Gasteiger partial charge in [0.2, 0.25) is 17.7 Å². The summed E-state index contributed by atoms with van der Waals surface area (Å²) in [6, 6.07) is 24.7. The van der Waals surface area contributed by atoms with Gasteiger partial charge in [0.15, 0.2) is 0 Å². The van der Waals surface area contributed by atoms with Crippen LogP contribution in [-0.4, -0.2) is 60.9 Å². The number of amides is 3. The van der Waals surface area contributed by atoms with Gasteiger partial charge in [-0.2, -0.15) is 0 Å². The lowest BCUT2D eigenvalue weighted by molar-refractivity contribution is -0.135. The number of benzene rings is 3. The van der Waals surface area contributed by atoms with Crippen LogP contribution >= 0.6 is 0 Å². The highest BCUT2D eigenvalue weighted by molar-refractivity contribution is 5.94. The van der Waals surface area contributed by atoms with Crippen LogP contribution in [0.4, 0.5) is 5.69 Å². The van der Waals surface area contributed by atoms with Crippen molar-refractivity contribution in [3.05, 3.63) is 95.6 Å². The molecule has 2 heterocycles. The van der Waals surface area contributed by atoms with E-state index in [4.69, 9.17) is 4.74 Å². The topological polar surface area (TPSA) is 91.0 Å². The molecule has 0 aromatic heterocycles. The van der Waals surface area contributed by atoms with E-state index in [2.05, 4.69) is 22.8 Å². The predicted octanol–water partition coefficient (Wildman–Crippen LogP) is 4.26. The minimum Gasteiger partial charge on any atom is -0.497 e. The van der Waals surface area contributed by atoms with Crippen LogP contribution in [-0.2, 0) is 33.8 Å². The van der Waals surface area contributed by atoms with Crippen molar-refractivity contribution in [2.75, 3.05) is 25.1 Å². The molecule has 0 spiro atoms. The molecule has 0 bridgehead atoms. The number of nitrogens with one attached hydrogen (secondary N) is 2. The van der Waals surface area contributed by atoms with Gasteiger partial charge in [0, 0.05) is 50.6 Å². The fourth-order valence-electron chi connectivity index (χ4n) is 6.19. The lowest BCUT2D eigenvalue weighted by Gasteiger charge is -2.30. The first-order valence-electron chi connectivity index (χ1n) is 15.3. The molecule has 0 saturated carbocycles. The maximum absolute atomic E-state index is 14.0. The first kappa shape index (κ1) is 30.3. The van der Waals surface area contributed by atoms with Gasteiger partial charge in [-0.3, -0.25) is 14.4 Å². The number of likely N-dealkylation sites (tertiary alicyclic amines) is 1. The minimum absolute atomic E-state index is 0.00631. The second kappa shape index (κ2) is 14.3. The maximum atomic E-state index is 14.0. The Labute approximate surface area is 254 Å². The van der Waals surface area contributed by atoms with Gasteiger partial charge in [0.1, 0.15) is 11.8 Å². The molecule has 8 nitrogen and oxygen atoms in total. The average Bonchev–Trinajstić information content (AvgIpc) is 3.51. The van der Waals surface area contributed by atoms with Gasteiger partial charge in [-0.05, 0) is 60.2 Å². The van der Waals surface area contributed by atoms with E-state index in [1.54, 1.807) is 7.11 Å². The maximum Gasteiger partial charge on any atom is 0.245 e. The molecule has 43 heavy (non-hydrogen) atoms. The van der Waals surface area contributed by atoms with Crippen LogP contribution in [0.2, 0.25) is 0 Å². The number of hydrogen-bond donors (Lipinski definition) is 2. The highest BCUT2D eigenvalue weighted by atomic mass is 16.5. The molecular formula is C35H42N4O4. The number of para-hydroxylation sites is 1. The summed E-state index contributed by atoms with van der Waals surface area (Å²) in [6.07, 6.45) is 3.33. The Bertz CT molecular complexity index is 1390. The molecule has 3 amide bonds. The molecule has 3 aromatic rings. The Balaban J connectivity index is 1.29. The van der Waals surface area contributed by atoms with Crippen LogP contribution in [0.3, 0.4) is 0 Å². The molecule has 3 unspecified atom stereocenters. The Morgan fingerprint density at radius 2 is 1.72 bits per heavy atom. The van der Waals surface area contributed by atoms with Gasteiger partial charge in [-0.15, -0.1) is 0 Å². The molecule has 3 atom stereocenters. The second-order valence-corrected chi connectivity index (χ2v) is 11.5. The third-order valence-corrected chi connectivity index (χ3v) is 8.44. The number of carbonyl (C=O) groups is 3. The van der Waals surface area contributed by atoms with Crippen LogP contribution in [0.15, 0.2) is 78.9 Å². The van der Waals surface area contributed by atoms with Gasteiger partial charge in [-0.25, -0.2) is 0 Å². The monoisotopic (exact) mass is 582 g/mol. The lowest BCUT2D eigenvalue weighted by atomic mass is 9.94. The van der Waals surface area contributed by atoms with E-state index >= 15 is 0 Å². The van der Waals surface area contributed by atoms with Gasteiger partial charge in [0.05, 0.1) is 13.2 Å². The number of rotatable bonds is 11. The lowest BCUT2D eigenvalue weighted by Crippen LogP contribution is -2.51. The standard InChI is InChI=1S/C35H42N4O4/c1-3-9-34(41)39(29-12-5-4-6-13-29)30-18-19-38(24-30)35(42)32(20-25-14-16-31(43-2)17-15-25)37-33(40)22-28-21-26-10-7-8-11-27(26)23-36-28/h4-8,10-17,28,30,32,36H,3,9,18-24H2,1-2H3,(H,37,40). The molecule has 5 rings (SSSR count). The predicted molar refractivity (Wildman–Crippen MR) is 168 cm³/mol. The molecule has 1 fully saturated rings. The summed E-state index contributed by atoms with van der Waals surface area (Å²) in [6.45, 7) is 3.69. The van der Waals surface area contributed by atoms with Gasteiger partial charge >= 0.3 is 0 Å².